The van der Waals surface area contributed by atoms with Gasteiger partial charge in [-0.15, -0.1) is 6.58 Å². The summed E-state index contributed by atoms with van der Waals surface area (Å²) in [7, 11) is 1.30. The molecule has 1 aliphatic rings. The van der Waals surface area contributed by atoms with Gasteiger partial charge in [-0.25, -0.2) is 4.79 Å². The lowest BCUT2D eigenvalue weighted by molar-refractivity contribution is -0.206. The number of rotatable bonds is 4. The fourth-order valence-electron chi connectivity index (χ4n) is 2.91. The third-order valence-electron chi connectivity index (χ3n) is 3.98. The number of carbonyl (C=O) groups excluding carboxylic acids is 1. The lowest BCUT2D eigenvalue weighted by Gasteiger charge is -2.41. The Hall–Kier alpha value is -2.30. The number of benzene rings is 2. The van der Waals surface area contributed by atoms with Gasteiger partial charge in [-0.1, -0.05) is 48.0 Å². The van der Waals surface area contributed by atoms with E-state index in [-0.39, 0.29) is 0 Å². The van der Waals surface area contributed by atoms with Gasteiger partial charge in [0.2, 0.25) is 0 Å². The van der Waals surface area contributed by atoms with Gasteiger partial charge in [-0.3, -0.25) is 0 Å². The quantitative estimate of drug-likeness (QED) is 0.619. The lowest BCUT2D eigenvalue weighted by atomic mass is 9.82. The van der Waals surface area contributed by atoms with E-state index in [4.69, 9.17) is 25.8 Å². The molecule has 0 N–H and O–H groups in total. The fraction of sp³-hybridized carbons (Fsp3) is 0.211. The zero-order valence-corrected chi connectivity index (χ0v) is 14.0. The van der Waals surface area contributed by atoms with Crippen molar-refractivity contribution in [1.29, 1.82) is 0 Å². The van der Waals surface area contributed by atoms with Crippen LogP contribution in [0.15, 0.2) is 61.2 Å². The van der Waals surface area contributed by atoms with Gasteiger partial charge >= 0.3 is 12.3 Å². The third kappa shape index (κ3) is 2.79. The van der Waals surface area contributed by atoms with Crippen LogP contribution in [0.5, 0.6) is 5.75 Å². The molecule has 2 unspecified atom stereocenters. The van der Waals surface area contributed by atoms with Gasteiger partial charge in [0.05, 0.1) is 7.11 Å². The maximum Gasteiger partial charge on any atom is 0.376 e. The number of esters is 1. The van der Waals surface area contributed by atoms with Crippen LogP contribution in [0.25, 0.3) is 0 Å². The van der Waals surface area contributed by atoms with Gasteiger partial charge in [0.15, 0.2) is 0 Å². The van der Waals surface area contributed by atoms with Gasteiger partial charge in [0.25, 0.3) is 0 Å². The van der Waals surface area contributed by atoms with Crippen LogP contribution in [-0.2, 0) is 19.9 Å². The van der Waals surface area contributed by atoms with Crippen LogP contribution in [0.1, 0.15) is 17.5 Å². The van der Waals surface area contributed by atoms with Crippen molar-refractivity contribution in [3.05, 3.63) is 77.3 Å². The van der Waals surface area contributed by atoms with Crippen LogP contribution in [0.3, 0.4) is 0 Å². The number of methoxy groups -OCH3 is 1. The molecule has 3 rings (SSSR count). The highest BCUT2D eigenvalue weighted by molar-refractivity contribution is 6.30. The van der Waals surface area contributed by atoms with Crippen LogP contribution in [-0.4, -0.2) is 19.4 Å². The van der Waals surface area contributed by atoms with E-state index in [1.165, 1.54) is 7.11 Å². The van der Waals surface area contributed by atoms with Crippen molar-refractivity contribution in [3.63, 3.8) is 0 Å². The standard InChI is InChI=1S/C19H17ClO4/c1-3-11-19(13-7-5-4-6-8-13)15-12-14(20)9-10-16(15)23-18(24-19)17(21)22-2/h3-10,12,18H,1,11H2,2H3. The van der Waals surface area contributed by atoms with E-state index in [2.05, 4.69) is 6.58 Å². The molecule has 2 aromatic rings. The maximum absolute atomic E-state index is 12.0. The second kappa shape index (κ2) is 6.67. The molecule has 0 radical (unpaired) electrons. The topological polar surface area (TPSA) is 44.8 Å². The fourth-order valence-corrected chi connectivity index (χ4v) is 3.08. The summed E-state index contributed by atoms with van der Waals surface area (Å²) < 4.78 is 16.6. The molecule has 0 spiro atoms. The lowest BCUT2D eigenvalue weighted by Crippen LogP contribution is -2.46. The van der Waals surface area contributed by atoms with E-state index in [0.29, 0.717) is 17.2 Å². The van der Waals surface area contributed by atoms with E-state index in [1.807, 2.05) is 30.3 Å². The SMILES string of the molecule is C=CCC1(c2ccccc2)OC(C(=O)OC)Oc2ccc(Cl)cc21. The number of fused-ring (bicyclic) bond motifs is 1. The molecule has 1 heterocycles. The Morgan fingerprint density at radius 3 is 2.75 bits per heavy atom. The second-order valence-corrected chi connectivity index (χ2v) is 5.85. The van der Waals surface area contributed by atoms with Crippen molar-refractivity contribution < 1.29 is 19.0 Å². The smallest absolute Gasteiger partial charge is 0.376 e. The Labute approximate surface area is 145 Å². The first kappa shape index (κ1) is 16.6. The minimum Gasteiger partial charge on any atom is -0.464 e. The molecule has 0 aliphatic carbocycles. The molecule has 1 aliphatic heterocycles. The summed E-state index contributed by atoms with van der Waals surface area (Å²) in [5.41, 5.74) is 0.701. The summed E-state index contributed by atoms with van der Waals surface area (Å²) in [5, 5.41) is 0.557. The molecule has 0 bridgehead atoms. The molecule has 2 atom stereocenters. The Morgan fingerprint density at radius 1 is 1.33 bits per heavy atom. The minimum atomic E-state index is -1.16. The predicted molar refractivity (Wildman–Crippen MR) is 91.0 cm³/mol. The monoisotopic (exact) mass is 344 g/mol. The zero-order valence-electron chi connectivity index (χ0n) is 13.2. The zero-order chi connectivity index (χ0) is 17.2. The van der Waals surface area contributed by atoms with Crippen LogP contribution in [0.2, 0.25) is 5.02 Å². The van der Waals surface area contributed by atoms with E-state index in [0.717, 1.165) is 11.1 Å². The molecule has 0 fully saturated rings. The normalized spacial score (nSPS) is 22.2. The first-order valence-electron chi connectivity index (χ1n) is 7.49. The van der Waals surface area contributed by atoms with Crippen LogP contribution < -0.4 is 4.74 Å². The van der Waals surface area contributed by atoms with E-state index < -0.39 is 17.9 Å². The first-order chi connectivity index (χ1) is 11.6. The minimum absolute atomic E-state index is 0.446. The third-order valence-corrected chi connectivity index (χ3v) is 4.22. The molecule has 0 saturated heterocycles. The molecule has 5 heteroatoms. The van der Waals surface area contributed by atoms with Crippen LogP contribution >= 0.6 is 11.6 Å². The number of hydrogen-bond acceptors (Lipinski definition) is 4. The molecule has 0 amide bonds. The number of halogens is 1. The summed E-state index contributed by atoms with van der Waals surface area (Å²) in [6.45, 7) is 3.84. The van der Waals surface area contributed by atoms with Gasteiger partial charge < -0.3 is 14.2 Å². The second-order valence-electron chi connectivity index (χ2n) is 5.42. The largest absolute Gasteiger partial charge is 0.464 e. The predicted octanol–water partition coefficient (Wildman–Crippen LogP) is 4.07. The highest BCUT2D eigenvalue weighted by Gasteiger charge is 2.46. The molecular formula is C19H17ClO4. The summed E-state index contributed by atoms with van der Waals surface area (Å²) in [4.78, 5) is 12.0. The Bertz CT molecular complexity index is 759. The highest BCUT2D eigenvalue weighted by Crippen LogP contribution is 2.47. The van der Waals surface area contributed by atoms with Crippen molar-refractivity contribution in [2.24, 2.45) is 0 Å². The average Bonchev–Trinajstić information content (AvgIpc) is 2.62. The van der Waals surface area contributed by atoms with E-state index in [9.17, 15) is 4.79 Å². The Kier molecular flexibility index (Phi) is 4.60. The van der Waals surface area contributed by atoms with Gasteiger partial charge in [0.1, 0.15) is 11.4 Å². The maximum atomic E-state index is 12.0. The summed E-state index contributed by atoms with van der Waals surface area (Å²) in [5.74, 6) is -0.0632. The molecule has 24 heavy (non-hydrogen) atoms. The number of hydrogen-bond donors (Lipinski definition) is 0. The number of carbonyl (C=O) groups is 1. The summed E-state index contributed by atoms with van der Waals surface area (Å²) in [6.07, 6.45) is 1.03. The average molecular weight is 345 g/mol. The van der Waals surface area contributed by atoms with Crippen molar-refractivity contribution in [3.8, 4) is 5.75 Å². The van der Waals surface area contributed by atoms with Gasteiger partial charge in [-0.2, -0.15) is 0 Å². The molecule has 0 aromatic heterocycles. The van der Waals surface area contributed by atoms with E-state index >= 15 is 0 Å². The first-order valence-corrected chi connectivity index (χ1v) is 7.87. The van der Waals surface area contributed by atoms with Crippen molar-refractivity contribution >= 4 is 17.6 Å². The van der Waals surface area contributed by atoms with Crippen molar-refractivity contribution in [2.45, 2.75) is 18.3 Å². The van der Waals surface area contributed by atoms with E-state index in [1.54, 1.807) is 24.3 Å². The summed E-state index contributed by atoms with van der Waals surface area (Å²) >= 11 is 6.19. The Balaban J connectivity index is 2.23. The van der Waals surface area contributed by atoms with Crippen molar-refractivity contribution in [1.82, 2.24) is 0 Å². The van der Waals surface area contributed by atoms with Crippen LogP contribution in [0, 0.1) is 0 Å². The number of ether oxygens (including phenoxy) is 3. The summed E-state index contributed by atoms with van der Waals surface area (Å²) in [6, 6.07) is 14.9. The van der Waals surface area contributed by atoms with Gasteiger partial charge in [-0.05, 0) is 23.8 Å². The Morgan fingerprint density at radius 2 is 2.08 bits per heavy atom. The van der Waals surface area contributed by atoms with Gasteiger partial charge in [0, 0.05) is 17.0 Å². The molecular weight excluding hydrogens is 328 g/mol. The molecule has 2 aromatic carbocycles. The van der Waals surface area contributed by atoms with Crippen molar-refractivity contribution in [2.75, 3.05) is 7.11 Å². The molecule has 0 saturated carbocycles. The molecule has 124 valence electrons. The molecule has 4 nitrogen and oxygen atoms in total. The van der Waals surface area contributed by atoms with Crippen LogP contribution in [0.4, 0.5) is 0 Å². The highest BCUT2D eigenvalue weighted by atomic mass is 35.5.